The zero-order chi connectivity index (χ0) is 18.7. The molecule has 1 N–H and O–H groups in total. The van der Waals surface area contributed by atoms with Crippen LogP contribution in [0.4, 0.5) is 19.1 Å². The van der Waals surface area contributed by atoms with Crippen LogP contribution in [-0.2, 0) is 4.79 Å². The molecule has 3 rings (SSSR count). The molecule has 0 amide bonds. The molecule has 2 saturated heterocycles. The van der Waals surface area contributed by atoms with Crippen molar-refractivity contribution in [3.8, 4) is 0 Å². The fourth-order valence-electron chi connectivity index (χ4n) is 3.32. The molecule has 0 radical (unpaired) electrons. The Morgan fingerprint density at radius 3 is 2.32 bits per heavy atom. The van der Waals surface area contributed by atoms with Crippen LogP contribution in [0.15, 0.2) is 12.4 Å². The number of hydrogen-bond donors (Lipinski definition) is 1. The van der Waals surface area contributed by atoms with Gasteiger partial charge in [0.2, 0.25) is 5.95 Å². The maximum Gasteiger partial charge on any atom is 0.490 e. The summed E-state index contributed by atoms with van der Waals surface area (Å²) in [7, 11) is 2.28. The number of aryl methyl sites for hydroxylation is 1. The number of aliphatic carboxylic acids is 1. The monoisotopic (exact) mass is 360 g/mol. The summed E-state index contributed by atoms with van der Waals surface area (Å²) in [4.78, 5) is 22.7. The maximum atomic E-state index is 10.6. The summed E-state index contributed by atoms with van der Waals surface area (Å²) in [5, 5.41) is 7.12. The highest BCUT2D eigenvalue weighted by molar-refractivity contribution is 5.73. The third-order valence-electron chi connectivity index (χ3n) is 4.82. The molecule has 1 spiro atoms. The Morgan fingerprint density at radius 1 is 1.20 bits per heavy atom. The van der Waals surface area contributed by atoms with Crippen molar-refractivity contribution < 1.29 is 23.1 Å². The molecule has 1 unspecified atom stereocenters. The van der Waals surface area contributed by atoms with E-state index in [1.807, 2.05) is 19.3 Å². The summed E-state index contributed by atoms with van der Waals surface area (Å²) in [6.07, 6.45) is 4.04. The van der Waals surface area contributed by atoms with Crippen LogP contribution in [-0.4, -0.2) is 64.3 Å². The fourth-order valence-corrected chi connectivity index (χ4v) is 3.32. The minimum absolute atomic E-state index is 0.381. The molecule has 1 aromatic heterocycles. The van der Waals surface area contributed by atoms with Gasteiger partial charge in [0.05, 0.1) is 0 Å². The number of hydrogen-bond acceptors (Lipinski definition) is 5. The lowest BCUT2D eigenvalue weighted by Gasteiger charge is -2.42. The summed E-state index contributed by atoms with van der Waals surface area (Å²) in [6, 6.07) is 0. The van der Waals surface area contributed by atoms with Crippen LogP contribution in [0.2, 0.25) is 0 Å². The molecule has 140 valence electrons. The van der Waals surface area contributed by atoms with E-state index in [0.717, 1.165) is 24.6 Å². The number of carbonyl (C=O) groups is 1. The molecule has 0 aliphatic carbocycles. The van der Waals surface area contributed by atoms with E-state index in [1.165, 1.54) is 32.2 Å². The lowest BCUT2D eigenvalue weighted by atomic mass is 9.86. The first kappa shape index (κ1) is 19.4. The van der Waals surface area contributed by atoms with Crippen molar-refractivity contribution >= 4 is 11.9 Å². The van der Waals surface area contributed by atoms with Crippen LogP contribution in [0, 0.1) is 6.92 Å². The van der Waals surface area contributed by atoms with Gasteiger partial charge in [0.1, 0.15) is 0 Å². The Hall–Kier alpha value is -1.90. The van der Waals surface area contributed by atoms with Gasteiger partial charge in [-0.05, 0) is 45.3 Å². The molecule has 9 heteroatoms. The second kappa shape index (κ2) is 7.55. The van der Waals surface area contributed by atoms with E-state index in [0.29, 0.717) is 5.54 Å². The highest BCUT2D eigenvalue weighted by Crippen LogP contribution is 2.36. The van der Waals surface area contributed by atoms with E-state index in [2.05, 4.69) is 26.8 Å². The third kappa shape index (κ3) is 4.81. The van der Waals surface area contributed by atoms with Gasteiger partial charge >= 0.3 is 12.1 Å². The number of carboxylic acids is 1. The molecule has 2 aliphatic rings. The summed E-state index contributed by atoms with van der Waals surface area (Å²) >= 11 is 0. The Balaban J connectivity index is 0.000000277. The molecule has 1 atom stereocenters. The van der Waals surface area contributed by atoms with Gasteiger partial charge < -0.3 is 10.0 Å². The molecule has 2 fully saturated rings. The molecular weight excluding hydrogens is 337 g/mol. The number of piperidine rings is 1. The van der Waals surface area contributed by atoms with Crippen LogP contribution in [0.25, 0.3) is 0 Å². The van der Waals surface area contributed by atoms with E-state index < -0.39 is 12.1 Å². The van der Waals surface area contributed by atoms with E-state index in [4.69, 9.17) is 9.90 Å². The Labute approximate surface area is 144 Å². The van der Waals surface area contributed by atoms with Crippen molar-refractivity contribution in [3.63, 3.8) is 0 Å². The standard InChI is InChI=1S/C14H22N4.C2HF3O2/c1-12-9-15-13(16-10-12)18-8-6-14(11-18)5-3-4-7-17(14)2;3-2(4,5)1(6)7/h9-10H,3-8,11H2,1-2H3;(H,6,7). The van der Waals surface area contributed by atoms with Crippen molar-refractivity contribution in [2.45, 2.75) is 44.3 Å². The molecule has 0 aromatic carbocycles. The van der Waals surface area contributed by atoms with Gasteiger partial charge in [-0.15, -0.1) is 0 Å². The van der Waals surface area contributed by atoms with E-state index in [9.17, 15) is 13.2 Å². The molecule has 3 heterocycles. The average Bonchev–Trinajstić information content (AvgIpc) is 2.96. The highest BCUT2D eigenvalue weighted by atomic mass is 19.4. The first-order valence-electron chi connectivity index (χ1n) is 8.19. The van der Waals surface area contributed by atoms with Gasteiger partial charge in [-0.25, -0.2) is 14.8 Å². The lowest BCUT2D eigenvalue weighted by Crippen LogP contribution is -2.51. The average molecular weight is 360 g/mol. The van der Waals surface area contributed by atoms with Crippen molar-refractivity contribution in [1.82, 2.24) is 14.9 Å². The van der Waals surface area contributed by atoms with Gasteiger partial charge in [-0.3, -0.25) is 4.90 Å². The zero-order valence-electron chi connectivity index (χ0n) is 14.4. The highest BCUT2D eigenvalue weighted by Gasteiger charge is 2.43. The lowest BCUT2D eigenvalue weighted by molar-refractivity contribution is -0.192. The minimum atomic E-state index is -5.08. The second-order valence-electron chi connectivity index (χ2n) is 6.64. The Morgan fingerprint density at radius 2 is 1.80 bits per heavy atom. The quantitative estimate of drug-likeness (QED) is 0.830. The molecule has 0 bridgehead atoms. The van der Waals surface area contributed by atoms with Crippen LogP contribution in [0.3, 0.4) is 0 Å². The van der Waals surface area contributed by atoms with Crippen molar-refractivity contribution in [3.05, 3.63) is 18.0 Å². The first-order valence-corrected chi connectivity index (χ1v) is 8.19. The number of aromatic nitrogens is 2. The maximum absolute atomic E-state index is 10.6. The predicted octanol–water partition coefficient (Wildman–Crippen LogP) is 2.48. The van der Waals surface area contributed by atoms with Crippen molar-refractivity contribution in [2.75, 3.05) is 31.6 Å². The number of likely N-dealkylation sites (tertiary alicyclic amines) is 1. The molecule has 1 aromatic rings. The van der Waals surface area contributed by atoms with Crippen molar-refractivity contribution in [1.29, 1.82) is 0 Å². The predicted molar refractivity (Wildman–Crippen MR) is 86.5 cm³/mol. The van der Waals surface area contributed by atoms with Crippen LogP contribution in [0.5, 0.6) is 0 Å². The molecule has 6 nitrogen and oxygen atoms in total. The Bertz CT molecular complexity index is 594. The largest absolute Gasteiger partial charge is 0.490 e. The van der Waals surface area contributed by atoms with Gasteiger partial charge in [-0.2, -0.15) is 13.2 Å². The third-order valence-corrected chi connectivity index (χ3v) is 4.82. The molecule has 2 aliphatic heterocycles. The van der Waals surface area contributed by atoms with Crippen LogP contribution >= 0.6 is 0 Å². The van der Waals surface area contributed by atoms with Gasteiger partial charge in [-0.1, -0.05) is 6.42 Å². The zero-order valence-corrected chi connectivity index (χ0v) is 14.4. The number of nitrogens with zero attached hydrogens (tertiary/aromatic N) is 4. The number of halogens is 3. The molecular formula is C16H23F3N4O2. The van der Waals surface area contributed by atoms with E-state index in [-0.39, 0.29) is 0 Å². The number of alkyl halides is 3. The van der Waals surface area contributed by atoms with E-state index in [1.54, 1.807) is 0 Å². The summed E-state index contributed by atoms with van der Waals surface area (Å²) in [5.74, 6) is -1.86. The topological polar surface area (TPSA) is 69.6 Å². The van der Waals surface area contributed by atoms with Gasteiger partial charge in [0, 0.05) is 31.0 Å². The number of carboxylic acid groups (broad SMARTS) is 1. The molecule has 0 saturated carbocycles. The number of anilines is 1. The van der Waals surface area contributed by atoms with Crippen LogP contribution in [0.1, 0.15) is 31.2 Å². The Kier molecular flexibility index (Phi) is 5.87. The summed E-state index contributed by atoms with van der Waals surface area (Å²) in [6.45, 7) is 5.45. The summed E-state index contributed by atoms with van der Waals surface area (Å²) < 4.78 is 31.7. The van der Waals surface area contributed by atoms with Crippen molar-refractivity contribution in [2.24, 2.45) is 0 Å². The van der Waals surface area contributed by atoms with Crippen LogP contribution < -0.4 is 4.90 Å². The first-order chi connectivity index (χ1) is 11.6. The minimum Gasteiger partial charge on any atom is -0.475 e. The summed E-state index contributed by atoms with van der Waals surface area (Å²) in [5.41, 5.74) is 1.51. The normalized spacial score (nSPS) is 24.1. The second-order valence-corrected chi connectivity index (χ2v) is 6.64. The number of rotatable bonds is 1. The molecule has 25 heavy (non-hydrogen) atoms. The number of likely N-dealkylation sites (N-methyl/N-ethyl adjacent to an activating group) is 1. The smallest absolute Gasteiger partial charge is 0.475 e. The van der Waals surface area contributed by atoms with E-state index >= 15 is 0 Å². The van der Waals surface area contributed by atoms with Gasteiger partial charge in [0.15, 0.2) is 0 Å². The SMILES string of the molecule is Cc1cnc(N2CCC3(CCCCN3C)C2)nc1.O=C(O)C(F)(F)F. The fraction of sp³-hybridized carbons (Fsp3) is 0.688. The van der Waals surface area contributed by atoms with Gasteiger partial charge in [0.25, 0.3) is 0 Å².